The summed E-state index contributed by atoms with van der Waals surface area (Å²) in [5.41, 5.74) is 41.0. The van der Waals surface area contributed by atoms with Crippen molar-refractivity contribution in [2.45, 2.75) is 164 Å². The lowest BCUT2D eigenvalue weighted by atomic mass is 10.00. The van der Waals surface area contributed by atoms with E-state index in [0.29, 0.717) is 5.56 Å². The average molecular weight is 1240 g/mol. The first-order chi connectivity index (χ1) is 41.2. The molecule has 1 aliphatic heterocycles. The van der Waals surface area contributed by atoms with Crippen LogP contribution in [-0.2, 0) is 64.0 Å². The summed E-state index contributed by atoms with van der Waals surface area (Å²) in [6, 6.07) is -9.97. The third-order valence-electron chi connectivity index (χ3n) is 13.6. The summed E-state index contributed by atoms with van der Waals surface area (Å²) in [5.74, 6) is -12.1. The van der Waals surface area contributed by atoms with Crippen molar-refractivity contribution in [2.24, 2.45) is 46.1 Å². The van der Waals surface area contributed by atoms with Crippen LogP contribution in [0.2, 0.25) is 0 Å². The van der Waals surface area contributed by atoms with E-state index in [4.69, 9.17) is 40.1 Å². The van der Waals surface area contributed by atoms with Gasteiger partial charge < -0.3 is 119 Å². The standard InChI is InChI=1S/C53H93N19O15/c1-26(2)22-37-49(83)64-31(10-16-54)43(77)63-34(13-19-57)47(81)71-40(27(3)74)52(86)61-21-15-36(46(80)62-32(11-17-55)45(79)69-38(50(84)68-37)23-29-8-6-5-7-9-29)66-44(78)33(12-18-56)67-53(87)41(28(4)75)72-48(82)35(14-20-58)65-51(85)39(24-59)70-42(76)30(60)25-73/h5-9,26-28,30-41,73-75H,10-25,54-60H2,1-4H3,(H,61,86)(H,62,80)(H,63,77)(H,64,83)(H,65,85)(H,66,78)(H,67,87)(H,68,84)(H,69,79)(H,70,76)(H,71,81)(H,72,82)/t27-,28-,30+,31?,32+,33+,34+,35+,36?,37?,38?,39+,40+,41+/m1/s1. The lowest BCUT2D eigenvalue weighted by molar-refractivity contribution is -0.137. The van der Waals surface area contributed by atoms with E-state index in [9.17, 15) is 72.9 Å². The van der Waals surface area contributed by atoms with Crippen molar-refractivity contribution >= 4 is 70.9 Å². The van der Waals surface area contributed by atoms with Crippen LogP contribution in [0, 0.1) is 5.92 Å². The maximum atomic E-state index is 14.5. The number of nitrogens with one attached hydrogen (secondary N) is 12. The summed E-state index contributed by atoms with van der Waals surface area (Å²) >= 11 is 0. The van der Waals surface area contributed by atoms with Crippen molar-refractivity contribution < 1.29 is 72.9 Å². The van der Waals surface area contributed by atoms with Gasteiger partial charge in [0.25, 0.3) is 0 Å². The van der Waals surface area contributed by atoms with Crippen LogP contribution in [0.4, 0.5) is 0 Å². The Morgan fingerprint density at radius 2 is 0.989 bits per heavy atom. The Kier molecular flexibility index (Phi) is 34.1. The first kappa shape index (κ1) is 75.6. The monoisotopic (exact) mass is 1240 g/mol. The van der Waals surface area contributed by atoms with Gasteiger partial charge in [-0.05, 0) is 103 Å². The second-order valence-electron chi connectivity index (χ2n) is 21.3. The molecule has 29 N–H and O–H groups in total. The van der Waals surface area contributed by atoms with Gasteiger partial charge in [0, 0.05) is 19.5 Å². The molecule has 87 heavy (non-hydrogen) atoms. The molecule has 2 rings (SSSR count). The summed E-state index contributed by atoms with van der Waals surface area (Å²) in [6.45, 7) is 3.06. The molecule has 1 heterocycles. The van der Waals surface area contributed by atoms with E-state index >= 15 is 0 Å². The minimum Gasteiger partial charge on any atom is -0.394 e. The van der Waals surface area contributed by atoms with Crippen LogP contribution in [0.25, 0.3) is 0 Å². The number of hydrogen-bond donors (Lipinski definition) is 22. The molecule has 1 saturated heterocycles. The van der Waals surface area contributed by atoms with Crippen molar-refractivity contribution in [2.75, 3.05) is 52.4 Å². The molecule has 34 heteroatoms. The molecule has 0 aliphatic carbocycles. The average Bonchev–Trinajstić information content (AvgIpc) is 3.67. The highest BCUT2D eigenvalue weighted by Gasteiger charge is 2.38. The molecule has 0 aromatic heterocycles. The van der Waals surface area contributed by atoms with Crippen LogP contribution < -0.4 is 104 Å². The van der Waals surface area contributed by atoms with Gasteiger partial charge in [-0.25, -0.2) is 0 Å². The Bertz CT molecular complexity index is 2440. The molecule has 0 spiro atoms. The van der Waals surface area contributed by atoms with Gasteiger partial charge in [-0.1, -0.05) is 44.2 Å². The third kappa shape index (κ3) is 25.8. The highest BCUT2D eigenvalue weighted by Crippen LogP contribution is 2.11. The van der Waals surface area contributed by atoms with Crippen molar-refractivity contribution in [1.29, 1.82) is 0 Å². The molecule has 1 aliphatic rings. The van der Waals surface area contributed by atoms with Gasteiger partial charge in [0.1, 0.15) is 72.5 Å². The first-order valence-electron chi connectivity index (χ1n) is 28.8. The number of amides is 12. The zero-order valence-corrected chi connectivity index (χ0v) is 49.6. The van der Waals surface area contributed by atoms with E-state index in [1.165, 1.54) is 6.92 Å². The Balaban J connectivity index is 2.70. The summed E-state index contributed by atoms with van der Waals surface area (Å²) in [4.78, 5) is 166. The summed E-state index contributed by atoms with van der Waals surface area (Å²) in [6.07, 6.45) is -5.13. The van der Waals surface area contributed by atoms with E-state index in [1.54, 1.807) is 44.2 Å². The van der Waals surface area contributed by atoms with Gasteiger partial charge in [-0.3, -0.25) is 57.5 Å². The van der Waals surface area contributed by atoms with Crippen molar-refractivity contribution in [3.05, 3.63) is 35.9 Å². The fourth-order valence-electron chi connectivity index (χ4n) is 8.74. The topological polar surface area (TPSA) is 592 Å². The summed E-state index contributed by atoms with van der Waals surface area (Å²) in [5, 5.41) is 60.4. The lowest BCUT2D eigenvalue weighted by Gasteiger charge is -2.29. The van der Waals surface area contributed by atoms with Gasteiger partial charge in [-0.2, -0.15) is 0 Å². The van der Waals surface area contributed by atoms with E-state index in [1.807, 2.05) is 0 Å². The number of benzene rings is 1. The zero-order valence-electron chi connectivity index (χ0n) is 49.6. The molecule has 1 aromatic carbocycles. The molecule has 12 amide bonds. The predicted molar refractivity (Wildman–Crippen MR) is 314 cm³/mol. The molecule has 490 valence electrons. The molecule has 14 atom stereocenters. The van der Waals surface area contributed by atoms with Crippen LogP contribution in [0.3, 0.4) is 0 Å². The third-order valence-corrected chi connectivity index (χ3v) is 13.6. The number of rotatable bonds is 28. The summed E-state index contributed by atoms with van der Waals surface area (Å²) in [7, 11) is 0. The van der Waals surface area contributed by atoms with Gasteiger partial charge in [-0.15, -0.1) is 0 Å². The Labute approximate surface area is 504 Å². The molecule has 0 bridgehead atoms. The highest BCUT2D eigenvalue weighted by molar-refractivity contribution is 6.00. The van der Waals surface area contributed by atoms with Crippen molar-refractivity contribution in [3.63, 3.8) is 0 Å². The number of aliphatic hydroxyl groups is 3. The van der Waals surface area contributed by atoms with Crippen LogP contribution in [0.5, 0.6) is 0 Å². The lowest BCUT2D eigenvalue weighted by Crippen LogP contribution is -2.62. The molecule has 34 nitrogen and oxygen atoms in total. The largest absolute Gasteiger partial charge is 0.394 e. The molecule has 1 aromatic rings. The minimum atomic E-state index is -1.85. The highest BCUT2D eigenvalue weighted by atomic mass is 16.3. The number of aliphatic hydroxyl groups excluding tert-OH is 3. The SMILES string of the molecule is CC(C)CC1NC(=O)C(Cc2ccccc2)NC(=O)[C@H](CCN)NC(=O)C(NC(=O)[C@H](CCN)NC(=O)[C@@H](NC(=O)[C@H](CCN)NC(=O)[C@H](CN)NC(=O)[C@@H](N)CO)[C@@H](C)O)CCNC(=O)[C@H]([C@@H](C)O)NC(=O)[C@H](CCN)NC(=O)C(CCN)NC1=O. The molecule has 0 saturated carbocycles. The molecule has 0 radical (unpaired) electrons. The zero-order chi connectivity index (χ0) is 65.5. The van der Waals surface area contributed by atoms with E-state index in [0.717, 1.165) is 6.92 Å². The molecular formula is C53H93N19O15. The van der Waals surface area contributed by atoms with Crippen LogP contribution in [0.1, 0.15) is 78.2 Å². The number of hydrogen-bond acceptors (Lipinski definition) is 22. The number of carbonyl (C=O) groups excluding carboxylic acids is 12. The van der Waals surface area contributed by atoms with E-state index < -0.39 is 182 Å². The van der Waals surface area contributed by atoms with Gasteiger partial charge >= 0.3 is 0 Å². The second-order valence-corrected chi connectivity index (χ2v) is 21.3. The number of carbonyl (C=O) groups is 12. The van der Waals surface area contributed by atoms with E-state index in [-0.39, 0.29) is 83.6 Å². The number of nitrogens with two attached hydrogens (primary N) is 7. The van der Waals surface area contributed by atoms with Gasteiger partial charge in [0.05, 0.1) is 18.8 Å². The summed E-state index contributed by atoms with van der Waals surface area (Å²) < 4.78 is 0. The molecule has 1 fully saturated rings. The minimum absolute atomic E-state index is 0.0235. The van der Waals surface area contributed by atoms with Crippen molar-refractivity contribution in [1.82, 2.24) is 63.8 Å². The van der Waals surface area contributed by atoms with Crippen LogP contribution in [0.15, 0.2) is 30.3 Å². The fourth-order valence-corrected chi connectivity index (χ4v) is 8.74. The normalized spacial score (nSPS) is 22.9. The quantitative estimate of drug-likeness (QED) is 0.0370. The van der Waals surface area contributed by atoms with Crippen molar-refractivity contribution in [3.8, 4) is 0 Å². The maximum absolute atomic E-state index is 14.5. The second kappa shape index (κ2) is 39.3. The first-order valence-corrected chi connectivity index (χ1v) is 28.8. The Hall–Kier alpha value is -7.54. The van der Waals surface area contributed by atoms with Gasteiger partial charge in [0.2, 0.25) is 70.9 Å². The fraction of sp³-hybridized carbons (Fsp3) is 0.660. The van der Waals surface area contributed by atoms with E-state index in [2.05, 4.69) is 63.8 Å². The van der Waals surface area contributed by atoms with Crippen LogP contribution in [-0.4, -0.2) is 223 Å². The maximum Gasteiger partial charge on any atom is 0.245 e. The molecular weight excluding hydrogens is 1140 g/mol. The molecule has 4 unspecified atom stereocenters. The smallest absolute Gasteiger partial charge is 0.245 e. The predicted octanol–water partition coefficient (Wildman–Crippen LogP) is -11.1. The Morgan fingerprint density at radius 3 is 1.47 bits per heavy atom. The van der Waals surface area contributed by atoms with Gasteiger partial charge in [0.15, 0.2) is 0 Å². The van der Waals surface area contributed by atoms with Crippen LogP contribution >= 0.6 is 0 Å². The Morgan fingerprint density at radius 1 is 0.540 bits per heavy atom.